The second kappa shape index (κ2) is 7.34. The van der Waals surface area contributed by atoms with Crippen molar-refractivity contribution in [2.75, 3.05) is 18.5 Å². The highest BCUT2D eigenvalue weighted by molar-refractivity contribution is 7.20. The maximum atomic E-state index is 6.65. The number of thiazole rings is 1. The van der Waals surface area contributed by atoms with Gasteiger partial charge in [-0.2, -0.15) is 0 Å². The Morgan fingerprint density at radius 2 is 2.28 bits per heavy atom. The lowest BCUT2D eigenvalue weighted by atomic mass is 9.94. The van der Waals surface area contributed by atoms with Crippen molar-refractivity contribution in [3.63, 3.8) is 0 Å². The summed E-state index contributed by atoms with van der Waals surface area (Å²) in [6.07, 6.45) is 2.66. The Kier molecular flexibility index (Phi) is 5.13. The molecule has 1 aliphatic rings. The number of nitrogens with one attached hydrogen (secondary N) is 1. The minimum absolute atomic E-state index is 0.0542. The van der Waals surface area contributed by atoms with Crippen molar-refractivity contribution in [3.05, 3.63) is 37.7 Å². The Hall–Kier alpha value is -0.960. The standard InChI is InChI=1S/C16H16Cl2N4OS2/c17-11-5-10(21-6-12-20-2-4-24-12)16-14(22-11)13(18)15(25-16)8-1-3-23-7-9(8)19/h2,4-5,8-9H,1,3,6-7,19H2,(H,21,22)/t8-,9-/m1/s1. The van der Waals surface area contributed by atoms with Crippen LogP contribution >= 0.6 is 45.9 Å². The third-order valence-corrected chi connectivity index (χ3v) is 7.04. The van der Waals surface area contributed by atoms with Crippen LogP contribution in [0.1, 0.15) is 22.2 Å². The van der Waals surface area contributed by atoms with Crippen molar-refractivity contribution in [1.82, 2.24) is 9.97 Å². The Balaban J connectivity index is 1.72. The second-order valence-electron chi connectivity index (χ2n) is 5.86. The van der Waals surface area contributed by atoms with E-state index in [1.165, 1.54) is 0 Å². The lowest BCUT2D eigenvalue weighted by molar-refractivity contribution is 0.0703. The third-order valence-electron chi connectivity index (χ3n) is 4.23. The van der Waals surface area contributed by atoms with Crippen molar-refractivity contribution < 1.29 is 4.74 Å². The van der Waals surface area contributed by atoms with Crippen LogP contribution in [-0.4, -0.2) is 29.2 Å². The molecular weight excluding hydrogens is 399 g/mol. The number of nitrogens with zero attached hydrogens (tertiary/aromatic N) is 2. The zero-order valence-electron chi connectivity index (χ0n) is 13.2. The number of aromatic nitrogens is 2. The SMILES string of the molecule is N[C@@H]1COCC[C@H]1c1sc2c(NCc3nccs3)cc(Cl)nc2c1Cl. The fourth-order valence-corrected chi connectivity index (χ4v) is 5.53. The summed E-state index contributed by atoms with van der Waals surface area (Å²) in [7, 11) is 0. The maximum absolute atomic E-state index is 6.65. The Morgan fingerprint density at radius 1 is 1.40 bits per heavy atom. The molecule has 1 fully saturated rings. The summed E-state index contributed by atoms with van der Waals surface area (Å²) in [5.74, 6) is 0.186. The molecule has 3 N–H and O–H groups in total. The predicted molar refractivity (Wildman–Crippen MR) is 105 cm³/mol. The number of pyridine rings is 1. The van der Waals surface area contributed by atoms with Crippen molar-refractivity contribution in [2.24, 2.45) is 5.73 Å². The number of halogens is 2. The largest absolute Gasteiger partial charge is 0.380 e. The van der Waals surface area contributed by atoms with Gasteiger partial charge >= 0.3 is 0 Å². The molecule has 1 saturated heterocycles. The topological polar surface area (TPSA) is 73.1 Å². The van der Waals surface area contributed by atoms with E-state index in [9.17, 15) is 0 Å². The summed E-state index contributed by atoms with van der Waals surface area (Å²) < 4.78 is 6.45. The molecule has 0 saturated carbocycles. The van der Waals surface area contributed by atoms with E-state index >= 15 is 0 Å². The van der Waals surface area contributed by atoms with Crippen molar-refractivity contribution in [3.8, 4) is 0 Å². The molecule has 132 valence electrons. The van der Waals surface area contributed by atoms with Gasteiger partial charge in [-0.3, -0.25) is 0 Å². The lowest BCUT2D eigenvalue weighted by Crippen LogP contribution is -2.37. The molecule has 0 aromatic carbocycles. The summed E-state index contributed by atoms with van der Waals surface area (Å²) in [5, 5.41) is 7.44. The first-order valence-electron chi connectivity index (χ1n) is 7.87. The van der Waals surface area contributed by atoms with E-state index in [4.69, 9.17) is 33.7 Å². The van der Waals surface area contributed by atoms with Crippen LogP contribution in [0.3, 0.4) is 0 Å². The molecule has 9 heteroatoms. The van der Waals surface area contributed by atoms with Gasteiger partial charge in [0.1, 0.15) is 15.7 Å². The van der Waals surface area contributed by atoms with E-state index in [1.54, 1.807) is 28.9 Å². The van der Waals surface area contributed by atoms with Crippen LogP contribution in [0, 0.1) is 0 Å². The summed E-state index contributed by atoms with van der Waals surface area (Å²) in [5.41, 5.74) is 7.90. The average molecular weight is 415 g/mol. The smallest absolute Gasteiger partial charge is 0.131 e. The first kappa shape index (κ1) is 17.5. The molecule has 0 amide bonds. The molecule has 3 aromatic rings. The molecule has 1 aliphatic heterocycles. The number of fused-ring (bicyclic) bond motifs is 1. The summed E-state index contributed by atoms with van der Waals surface area (Å²) in [6, 6.07) is 1.78. The second-order valence-corrected chi connectivity index (χ2v) is 8.66. The van der Waals surface area contributed by atoms with Gasteiger partial charge in [0.15, 0.2) is 0 Å². The third kappa shape index (κ3) is 3.49. The Morgan fingerprint density at radius 3 is 3.04 bits per heavy atom. The Labute approximate surface area is 163 Å². The fraction of sp³-hybridized carbons (Fsp3) is 0.375. The number of anilines is 1. The number of hydrogen-bond acceptors (Lipinski definition) is 7. The molecule has 0 bridgehead atoms. The van der Waals surface area contributed by atoms with Crippen LogP contribution < -0.4 is 11.1 Å². The van der Waals surface area contributed by atoms with Crippen LogP contribution in [0.2, 0.25) is 10.2 Å². The van der Waals surface area contributed by atoms with E-state index in [0.29, 0.717) is 29.9 Å². The summed E-state index contributed by atoms with van der Waals surface area (Å²) in [4.78, 5) is 9.80. The number of hydrogen-bond donors (Lipinski definition) is 2. The highest BCUT2D eigenvalue weighted by Crippen LogP contribution is 2.45. The number of ether oxygens (including phenoxy) is 1. The minimum Gasteiger partial charge on any atom is -0.380 e. The molecule has 3 aromatic heterocycles. The van der Waals surface area contributed by atoms with E-state index in [0.717, 1.165) is 32.2 Å². The van der Waals surface area contributed by atoms with Gasteiger partial charge in [-0.15, -0.1) is 22.7 Å². The fourth-order valence-electron chi connectivity index (χ4n) is 2.99. The average Bonchev–Trinajstić information content (AvgIpc) is 3.22. The normalized spacial score (nSPS) is 20.9. The van der Waals surface area contributed by atoms with Gasteiger partial charge in [-0.1, -0.05) is 23.2 Å². The molecule has 4 rings (SSSR count). The summed E-state index contributed by atoms with van der Waals surface area (Å²) in [6.45, 7) is 1.89. The van der Waals surface area contributed by atoms with Crippen molar-refractivity contribution >= 4 is 61.8 Å². The van der Waals surface area contributed by atoms with Gasteiger partial charge in [-0.05, 0) is 6.42 Å². The molecule has 2 atom stereocenters. The van der Waals surface area contributed by atoms with Crippen LogP contribution in [-0.2, 0) is 11.3 Å². The highest BCUT2D eigenvalue weighted by atomic mass is 35.5. The number of nitrogens with two attached hydrogens (primary N) is 1. The summed E-state index contributed by atoms with van der Waals surface area (Å²) >= 11 is 16.1. The van der Waals surface area contributed by atoms with Gasteiger partial charge in [0.2, 0.25) is 0 Å². The predicted octanol–water partition coefficient (Wildman–Crippen LogP) is 4.50. The van der Waals surface area contributed by atoms with E-state index in [-0.39, 0.29) is 12.0 Å². The van der Waals surface area contributed by atoms with E-state index < -0.39 is 0 Å². The van der Waals surface area contributed by atoms with Crippen molar-refractivity contribution in [2.45, 2.75) is 24.9 Å². The van der Waals surface area contributed by atoms with E-state index in [2.05, 4.69) is 15.3 Å². The van der Waals surface area contributed by atoms with Crippen LogP contribution in [0.5, 0.6) is 0 Å². The zero-order valence-corrected chi connectivity index (χ0v) is 16.3. The quantitative estimate of drug-likeness (QED) is 0.614. The van der Waals surface area contributed by atoms with Crippen molar-refractivity contribution in [1.29, 1.82) is 0 Å². The number of rotatable bonds is 4. The Bertz CT molecular complexity index is 884. The molecule has 0 aliphatic carbocycles. The van der Waals surface area contributed by atoms with Crippen LogP contribution in [0.25, 0.3) is 10.2 Å². The first-order valence-corrected chi connectivity index (χ1v) is 10.3. The molecule has 5 nitrogen and oxygen atoms in total. The van der Waals surface area contributed by atoms with Gasteiger partial charge in [-0.25, -0.2) is 9.97 Å². The molecule has 4 heterocycles. The molecule has 25 heavy (non-hydrogen) atoms. The molecule has 0 unspecified atom stereocenters. The zero-order chi connectivity index (χ0) is 17.4. The minimum atomic E-state index is -0.0542. The van der Waals surface area contributed by atoms with Gasteiger partial charge in [0, 0.05) is 41.1 Å². The molecule has 0 spiro atoms. The lowest BCUT2D eigenvalue weighted by Gasteiger charge is -2.28. The maximum Gasteiger partial charge on any atom is 0.131 e. The highest BCUT2D eigenvalue weighted by Gasteiger charge is 2.29. The van der Waals surface area contributed by atoms with Crippen LogP contribution in [0.4, 0.5) is 5.69 Å². The van der Waals surface area contributed by atoms with Gasteiger partial charge < -0.3 is 15.8 Å². The monoisotopic (exact) mass is 414 g/mol. The number of thiophene rings is 1. The first-order chi connectivity index (χ1) is 12.1. The van der Waals surface area contributed by atoms with Crippen LogP contribution in [0.15, 0.2) is 17.6 Å². The molecular formula is C16H16Cl2N4OS2. The van der Waals surface area contributed by atoms with Gasteiger partial charge in [0.05, 0.1) is 28.6 Å². The molecule has 0 radical (unpaired) electrons. The van der Waals surface area contributed by atoms with Gasteiger partial charge in [0.25, 0.3) is 0 Å². The van der Waals surface area contributed by atoms with E-state index in [1.807, 2.05) is 11.4 Å².